The molecule has 30 heavy (non-hydrogen) atoms. The Balaban J connectivity index is 1.34. The molecule has 0 fully saturated rings. The number of anilines is 1. The Morgan fingerprint density at radius 3 is 2.57 bits per heavy atom. The maximum atomic E-state index is 12.4. The van der Waals surface area contributed by atoms with Crippen molar-refractivity contribution in [2.24, 2.45) is 0 Å². The molecule has 154 valence electrons. The summed E-state index contributed by atoms with van der Waals surface area (Å²) in [5.41, 5.74) is 2.30. The number of amides is 2. The van der Waals surface area contributed by atoms with Crippen LogP contribution in [-0.2, 0) is 17.8 Å². The summed E-state index contributed by atoms with van der Waals surface area (Å²) >= 11 is 3.49. The number of carbonyl (C=O) groups is 2. The van der Waals surface area contributed by atoms with Gasteiger partial charge in [-0.25, -0.2) is 0 Å². The first kappa shape index (κ1) is 20.0. The Morgan fingerprint density at radius 2 is 1.80 bits per heavy atom. The zero-order valence-corrected chi connectivity index (χ0v) is 17.5. The Kier molecular flexibility index (Phi) is 6.04. The Hall–Kier alpha value is -3.26. The van der Waals surface area contributed by atoms with Crippen LogP contribution in [0.5, 0.6) is 11.5 Å². The molecule has 0 aliphatic carbocycles. The second kappa shape index (κ2) is 9.04. The normalized spacial score (nSPS) is 12.3. The van der Waals surface area contributed by atoms with Crippen LogP contribution in [0.25, 0.3) is 0 Å². The van der Waals surface area contributed by atoms with Gasteiger partial charge < -0.3 is 24.5 Å². The van der Waals surface area contributed by atoms with Gasteiger partial charge in [-0.3, -0.25) is 9.59 Å². The average molecular weight is 471 g/mol. The van der Waals surface area contributed by atoms with Crippen LogP contribution >= 0.6 is 15.9 Å². The van der Waals surface area contributed by atoms with Gasteiger partial charge in [0.15, 0.2) is 17.3 Å². The zero-order chi connectivity index (χ0) is 20.9. The quantitative estimate of drug-likeness (QED) is 0.569. The number of furan rings is 1. The lowest BCUT2D eigenvalue weighted by molar-refractivity contribution is -0.120. The zero-order valence-electron chi connectivity index (χ0n) is 15.9. The maximum absolute atomic E-state index is 12.4. The van der Waals surface area contributed by atoms with Crippen molar-refractivity contribution in [1.82, 2.24) is 5.32 Å². The van der Waals surface area contributed by atoms with E-state index in [2.05, 4.69) is 26.6 Å². The van der Waals surface area contributed by atoms with Gasteiger partial charge in [0.1, 0.15) is 13.2 Å². The minimum absolute atomic E-state index is 0.127. The van der Waals surface area contributed by atoms with Crippen LogP contribution in [-0.4, -0.2) is 25.0 Å². The number of rotatable bonds is 6. The molecule has 7 nitrogen and oxygen atoms in total. The van der Waals surface area contributed by atoms with Crippen molar-refractivity contribution in [1.29, 1.82) is 0 Å². The van der Waals surface area contributed by atoms with Crippen LogP contribution in [0.15, 0.2) is 63.7 Å². The molecule has 0 bridgehead atoms. The van der Waals surface area contributed by atoms with Crippen molar-refractivity contribution in [2.75, 3.05) is 18.5 Å². The Labute approximate surface area is 181 Å². The summed E-state index contributed by atoms with van der Waals surface area (Å²) in [4.78, 5) is 24.5. The van der Waals surface area contributed by atoms with Crippen LogP contribution in [0.4, 0.5) is 5.69 Å². The molecule has 0 saturated heterocycles. The molecule has 0 atom stereocenters. The number of carbonyl (C=O) groups excluding carboxylic acids is 2. The summed E-state index contributed by atoms with van der Waals surface area (Å²) in [5, 5.41) is 5.67. The first-order valence-electron chi connectivity index (χ1n) is 9.37. The fourth-order valence-electron chi connectivity index (χ4n) is 3.04. The summed E-state index contributed by atoms with van der Waals surface area (Å²) in [6, 6.07) is 14.2. The lowest BCUT2D eigenvalue weighted by Crippen LogP contribution is -2.25. The molecule has 2 heterocycles. The first-order valence-corrected chi connectivity index (χ1v) is 10.2. The monoisotopic (exact) mass is 470 g/mol. The predicted molar refractivity (Wildman–Crippen MR) is 114 cm³/mol. The minimum atomic E-state index is -0.329. The van der Waals surface area contributed by atoms with Gasteiger partial charge in [-0.15, -0.1) is 0 Å². The topological polar surface area (TPSA) is 89.8 Å². The second-order valence-electron chi connectivity index (χ2n) is 6.67. The lowest BCUT2D eigenvalue weighted by atomic mass is 10.1. The molecule has 2 N–H and O–H groups in total. The third kappa shape index (κ3) is 4.83. The third-order valence-corrected chi connectivity index (χ3v) is 5.22. The van der Waals surface area contributed by atoms with E-state index in [4.69, 9.17) is 13.9 Å². The largest absolute Gasteiger partial charge is 0.486 e. The van der Waals surface area contributed by atoms with Crippen LogP contribution in [0.2, 0.25) is 0 Å². The van der Waals surface area contributed by atoms with Gasteiger partial charge in [-0.2, -0.15) is 0 Å². The third-order valence-electron chi connectivity index (χ3n) is 4.48. The standard InChI is InChI=1S/C22H19BrN2O5/c23-17-12-20-19(29-7-8-30-20)10-15(17)11-21(26)24-13-14-3-1-4-16(9-14)25-22(27)18-5-2-6-28-18/h1-6,9-10,12H,7-8,11,13H2,(H,24,26)(H,25,27). The summed E-state index contributed by atoms with van der Waals surface area (Å²) in [6.07, 6.45) is 1.65. The Morgan fingerprint density at radius 1 is 1.00 bits per heavy atom. The van der Waals surface area contributed by atoms with Crippen molar-refractivity contribution in [2.45, 2.75) is 13.0 Å². The number of hydrogen-bond donors (Lipinski definition) is 2. The second-order valence-corrected chi connectivity index (χ2v) is 7.53. The number of fused-ring (bicyclic) bond motifs is 1. The molecule has 4 rings (SSSR count). The van der Waals surface area contributed by atoms with E-state index in [1.807, 2.05) is 24.3 Å². The van der Waals surface area contributed by atoms with E-state index in [-0.39, 0.29) is 24.0 Å². The molecule has 0 radical (unpaired) electrons. The average Bonchev–Trinajstić information content (AvgIpc) is 3.28. The number of hydrogen-bond acceptors (Lipinski definition) is 5. The fraction of sp³-hybridized carbons (Fsp3) is 0.182. The van der Waals surface area contributed by atoms with Crippen LogP contribution in [0.3, 0.4) is 0 Å². The molecule has 1 aliphatic heterocycles. The van der Waals surface area contributed by atoms with Crippen LogP contribution in [0, 0.1) is 0 Å². The summed E-state index contributed by atoms with van der Waals surface area (Å²) < 4.78 is 17.0. The lowest BCUT2D eigenvalue weighted by Gasteiger charge is -2.19. The van der Waals surface area contributed by atoms with Crippen molar-refractivity contribution in [3.63, 3.8) is 0 Å². The van der Waals surface area contributed by atoms with Gasteiger partial charge in [-0.05, 0) is 47.5 Å². The number of nitrogens with one attached hydrogen (secondary N) is 2. The summed E-state index contributed by atoms with van der Waals surface area (Å²) in [7, 11) is 0. The highest BCUT2D eigenvalue weighted by atomic mass is 79.9. The molecule has 1 aliphatic rings. The van der Waals surface area contributed by atoms with E-state index >= 15 is 0 Å². The van der Waals surface area contributed by atoms with Crippen molar-refractivity contribution >= 4 is 33.4 Å². The SMILES string of the molecule is O=C(Cc1cc2c(cc1Br)OCCO2)NCc1cccc(NC(=O)c2ccco2)c1. The van der Waals surface area contributed by atoms with E-state index in [0.29, 0.717) is 36.9 Å². The molecule has 2 amide bonds. The van der Waals surface area contributed by atoms with E-state index < -0.39 is 0 Å². The van der Waals surface area contributed by atoms with Crippen LogP contribution in [0.1, 0.15) is 21.7 Å². The highest BCUT2D eigenvalue weighted by Gasteiger charge is 2.16. The molecular formula is C22H19BrN2O5. The Bertz CT molecular complexity index is 1070. The number of benzene rings is 2. The van der Waals surface area contributed by atoms with E-state index in [1.165, 1.54) is 6.26 Å². The first-order chi connectivity index (χ1) is 14.6. The van der Waals surface area contributed by atoms with Gasteiger partial charge in [0, 0.05) is 16.7 Å². The van der Waals surface area contributed by atoms with E-state index in [1.54, 1.807) is 24.3 Å². The molecular weight excluding hydrogens is 452 g/mol. The maximum Gasteiger partial charge on any atom is 0.291 e. The van der Waals surface area contributed by atoms with Crippen molar-refractivity contribution < 1.29 is 23.5 Å². The van der Waals surface area contributed by atoms with Gasteiger partial charge in [0.2, 0.25) is 5.91 Å². The van der Waals surface area contributed by atoms with Gasteiger partial charge >= 0.3 is 0 Å². The van der Waals surface area contributed by atoms with Crippen molar-refractivity contribution in [3.8, 4) is 11.5 Å². The molecule has 0 spiro atoms. The summed E-state index contributed by atoms with van der Waals surface area (Å²) in [5.74, 6) is 1.10. The minimum Gasteiger partial charge on any atom is -0.486 e. The van der Waals surface area contributed by atoms with E-state index in [9.17, 15) is 9.59 Å². The van der Waals surface area contributed by atoms with Crippen LogP contribution < -0.4 is 20.1 Å². The molecule has 0 unspecified atom stereocenters. The summed E-state index contributed by atoms with van der Waals surface area (Å²) in [6.45, 7) is 1.35. The highest BCUT2D eigenvalue weighted by Crippen LogP contribution is 2.35. The van der Waals surface area contributed by atoms with Gasteiger partial charge in [0.05, 0.1) is 12.7 Å². The molecule has 3 aromatic rings. The fourth-order valence-corrected chi connectivity index (χ4v) is 3.50. The molecule has 0 saturated carbocycles. The smallest absolute Gasteiger partial charge is 0.291 e. The highest BCUT2D eigenvalue weighted by molar-refractivity contribution is 9.10. The molecule has 8 heteroatoms. The predicted octanol–water partition coefficient (Wildman–Crippen LogP) is 3.92. The number of halogens is 1. The molecule has 2 aromatic carbocycles. The number of ether oxygens (including phenoxy) is 2. The van der Waals surface area contributed by atoms with Crippen molar-refractivity contribution in [3.05, 3.63) is 76.2 Å². The van der Waals surface area contributed by atoms with Gasteiger partial charge in [-0.1, -0.05) is 28.1 Å². The van der Waals surface area contributed by atoms with Gasteiger partial charge in [0.25, 0.3) is 5.91 Å². The molecule has 1 aromatic heterocycles. The van der Waals surface area contributed by atoms with E-state index in [0.717, 1.165) is 15.6 Å².